The van der Waals surface area contributed by atoms with E-state index in [4.69, 9.17) is 4.74 Å². The highest BCUT2D eigenvalue weighted by atomic mass is 19.4. The Kier molecular flexibility index (Phi) is 5.69. The van der Waals surface area contributed by atoms with Crippen molar-refractivity contribution < 1.29 is 27.8 Å². The Morgan fingerprint density at radius 2 is 1.86 bits per heavy atom. The highest BCUT2D eigenvalue weighted by Crippen LogP contribution is 2.47. The maximum absolute atomic E-state index is 13.8. The number of amides is 1. The van der Waals surface area contributed by atoms with Gasteiger partial charge in [0.2, 0.25) is 0 Å². The number of benzene rings is 1. The van der Waals surface area contributed by atoms with Crippen LogP contribution in [0.4, 0.5) is 13.2 Å². The number of aliphatic hydroxyl groups is 1. The molecular formula is C21H27F3N2O3. The van der Waals surface area contributed by atoms with Crippen molar-refractivity contribution in [1.29, 1.82) is 0 Å². The molecule has 0 bridgehead atoms. The van der Waals surface area contributed by atoms with Crippen LogP contribution in [0, 0.1) is 5.92 Å². The molecule has 1 aromatic carbocycles. The summed E-state index contributed by atoms with van der Waals surface area (Å²) in [6, 6.07) is 7.03. The first kappa shape index (κ1) is 21.6. The minimum absolute atomic E-state index is 0.0573. The molecule has 29 heavy (non-hydrogen) atoms. The number of hydrogen-bond acceptors (Lipinski definition) is 4. The van der Waals surface area contributed by atoms with Crippen molar-refractivity contribution in [2.24, 2.45) is 11.0 Å². The fourth-order valence-electron chi connectivity index (χ4n) is 3.90. The van der Waals surface area contributed by atoms with Gasteiger partial charge in [-0.15, -0.1) is 0 Å². The van der Waals surface area contributed by atoms with E-state index < -0.39 is 30.3 Å². The Bertz CT molecular complexity index is 784. The van der Waals surface area contributed by atoms with Gasteiger partial charge in [0.05, 0.1) is 5.92 Å². The maximum Gasteiger partial charge on any atom is 0.439 e. The number of hydrazone groups is 1. The van der Waals surface area contributed by atoms with Crippen LogP contribution in [0.2, 0.25) is 0 Å². The zero-order chi connectivity index (χ0) is 21.4. The number of ether oxygens (including phenoxy) is 1. The minimum atomic E-state index is -5.02. The van der Waals surface area contributed by atoms with Gasteiger partial charge in [0.25, 0.3) is 11.6 Å². The van der Waals surface area contributed by atoms with Gasteiger partial charge in [-0.1, -0.05) is 45.7 Å². The summed E-state index contributed by atoms with van der Waals surface area (Å²) in [5, 5.41) is 14.7. The predicted octanol–water partition coefficient (Wildman–Crippen LogP) is 4.39. The van der Waals surface area contributed by atoms with Crippen molar-refractivity contribution in [2.45, 2.75) is 70.2 Å². The number of alkyl halides is 3. The summed E-state index contributed by atoms with van der Waals surface area (Å²) in [5.74, 6) is -1.88. The molecule has 2 atom stereocenters. The highest BCUT2D eigenvalue weighted by Gasteiger charge is 2.68. The van der Waals surface area contributed by atoms with Gasteiger partial charge in [-0.2, -0.15) is 23.3 Å². The zero-order valence-electron chi connectivity index (χ0n) is 16.9. The van der Waals surface area contributed by atoms with Crippen molar-refractivity contribution in [1.82, 2.24) is 5.01 Å². The summed E-state index contributed by atoms with van der Waals surface area (Å²) < 4.78 is 46.9. The summed E-state index contributed by atoms with van der Waals surface area (Å²) >= 11 is 0. The Hall–Kier alpha value is -2.09. The molecule has 1 aliphatic carbocycles. The summed E-state index contributed by atoms with van der Waals surface area (Å²) in [6.45, 7) is 5.52. The summed E-state index contributed by atoms with van der Waals surface area (Å²) in [5.41, 5.74) is -2.07. The summed E-state index contributed by atoms with van der Waals surface area (Å²) in [6.07, 6.45) is -2.49. The van der Waals surface area contributed by atoms with Gasteiger partial charge in [-0.25, -0.2) is 0 Å². The molecule has 1 aromatic rings. The van der Waals surface area contributed by atoms with E-state index in [2.05, 4.69) is 25.9 Å². The molecule has 5 nitrogen and oxygen atoms in total. The lowest BCUT2D eigenvalue weighted by molar-refractivity contribution is -0.317. The van der Waals surface area contributed by atoms with Crippen molar-refractivity contribution >= 4 is 11.6 Å². The number of carbonyl (C=O) groups is 1. The number of nitrogens with zero attached hydrogens (tertiary/aromatic N) is 2. The quantitative estimate of drug-likeness (QED) is 0.801. The molecule has 2 aliphatic rings. The number of carbonyl (C=O) groups excluding carboxylic acids is 1. The molecular weight excluding hydrogens is 385 g/mol. The van der Waals surface area contributed by atoms with E-state index in [-0.39, 0.29) is 22.6 Å². The number of rotatable bonds is 3. The van der Waals surface area contributed by atoms with Crippen LogP contribution < -0.4 is 4.74 Å². The lowest BCUT2D eigenvalue weighted by Gasteiger charge is -2.37. The highest BCUT2D eigenvalue weighted by molar-refractivity contribution is 5.93. The standard InChI is InChI=1S/C21H27F3N2O3/c1-19(2,3)14-9-11-15(12-10-14)29-13-18(27)26-20(28,21(22,23)24)16-7-5-4-6-8-17(16)25-26/h9-12,16,28H,4-8,13H2,1-3H3/t16-,20-/m0/s1. The minimum Gasteiger partial charge on any atom is -0.484 e. The number of hydrogen-bond donors (Lipinski definition) is 1. The van der Waals surface area contributed by atoms with E-state index in [0.717, 1.165) is 12.0 Å². The van der Waals surface area contributed by atoms with Crippen molar-refractivity contribution in [2.75, 3.05) is 6.61 Å². The van der Waals surface area contributed by atoms with Crippen molar-refractivity contribution in [3.63, 3.8) is 0 Å². The fraction of sp³-hybridized carbons (Fsp3) is 0.619. The molecule has 0 saturated heterocycles. The van der Waals surface area contributed by atoms with Crippen molar-refractivity contribution in [3.05, 3.63) is 29.8 Å². The number of halogens is 3. The first-order valence-electron chi connectivity index (χ1n) is 9.87. The van der Waals surface area contributed by atoms with Gasteiger partial charge >= 0.3 is 6.18 Å². The molecule has 0 spiro atoms. The van der Waals surface area contributed by atoms with Crippen LogP contribution >= 0.6 is 0 Å². The Morgan fingerprint density at radius 1 is 1.21 bits per heavy atom. The molecule has 160 valence electrons. The molecule has 1 heterocycles. The van der Waals surface area contributed by atoms with Crippen LogP contribution in [0.3, 0.4) is 0 Å². The van der Waals surface area contributed by atoms with Crippen LogP contribution in [0.5, 0.6) is 5.75 Å². The SMILES string of the molecule is CC(C)(C)c1ccc(OCC(=O)N2N=C3CCCCC[C@@H]3[C@]2(O)C(F)(F)F)cc1. The van der Waals surface area contributed by atoms with E-state index in [1.54, 1.807) is 12.1 Å². The second kappa shape index (κ2) is 7.63. The van der Waals surface area contributed by atoms with Crippen LogP contribution in [-0.4, -0.2) is 40.2 Å². The molecule has 1 N–H and O–H groups in total. The Labute approximate surface area is 168 Å². The molecule has 0 radical (unpaired) electrons. The van der Waals surface area contributed by atoms with Gasteiger partial charge in [0.15, 0.2) is 6.61 Å². The second-order valence-corrected chi connectivity index (χ2v) is 8.74. The largest absolute Gasteiger partial charge is 0.484 e. The average Bonchev–Trinajstić information content (AvgIpc) is 2.79. The van der Waals surface area contributed by atoms with Gasteiger partial charge in [-0.05, 0) is 42.4 Å². The fourth-order valence-corrected chi connectivity index (χ4v) is 3.90. The molecule has 8 heteroatoms. The first-order chi connectivity index (χ1) is 13.4. The molecule has 1 aliphatic heterocycles. The van der Waals surface area contributed by atoms with Crippen LogP contribution in [0.1, 0.15) is 58.4 Å². The molecule has 3 rings (SSSR count). The third-order valence-electron chi connectivity index (χ3n) is 5.60. The lowest BCUT2D eigenvalue weighted by atomic mass is 9.87. The van der Waals surface area contributed by atoms with Gasteiger partial charge in [0, 0.05) is 5.71 Å². The number of fused-ring (bicyclic) bond motifs is 1. The summed E-state index contributed by atoms with van der Waals surface area (Å²) in [7, 11) is 0. The molecule has 0 unspecified atom stereocenters. The van der Waals surface area contributed by atoms with E-state index in [9.17, 15) is 23.1 Å². The molecule has 0 aromatic heterocycles. The molecule has 1 saturated carbocycles. The Balaban J connectivity index is 1.76. The normalized spacial score (nSPS) is 25.3. The van der Waals surface area contributed by atoms with E-state index in [1.165, 1.54) is 0 Å². The summed E-state index contributed by atoms with van der Waals surface area (Å²) in [4.78, 5) is 12.6. The molecule has 1 amide bonds. The van der Waals surface area contributed by atoms with Gasteiger partial charge in [-0.3, -0.25) is 4.79 Å². The third-order valence-corrected chi connectivity index (χ3v) is 5.60. The van der Waals surface area contributed by atoms with E-state index >= 15 is 0 Å². The van der Waals surface area contributed by atoms with Crippen LogP contribution in [0.15, 0.2) is 29.4 Å². The topological polar surface area (TPSA) is 62.1 Å². The maximum atomic E-state index is 13.8. The van der Waals surface area contributed by atoms with Crippen molar-refractivity contribution in [3.8, 4) is 5.75 Å². The van der Waals surface area contributed by atoms with E-state index in [1.807, 2.05) is 12.1 Å². The van der Waals surface area contributed by atoms with Gasteiger partial charge in [0.1, 0.15) is 5.75 Å². The Morgan fingerprint density at radius 3 is 2.45 bits per heavy atom. The monoisotopic (exact) mass is 412 g/mol. The van der Waals surface area contributed by atoms with Gasteiger partial charge < -0.3 is 9.84 Å². The van der Waals surface area contributed by atoms with Crippen LogP contribution in [-0.2, 0) is 10.2 Å². The zero-order valence-corrected chi connectivity index (χ0v) is 16.9. The lowest BCUT2D eigenvalue weighted by Crippen LogP contribution is -2.61. The van der Waals surface area contributed by atoms with E-state index in [0.29, 0.717) is 25.0 Å². The smallest absolute Gasteiger partial charge is 0.439 e. The van der Waals surface area contributed by atoms with Crippen LogP contribution in [0.25, 0.3) is 0 Å². The predicted molar refractivity (Wildman–Crippen MR) is 102 cm³/mol. The second-order valence-electron chi connectivity index (χ2n) is 8.74. The average molecular weight is 412 g/mol. The molecule has 1 fully saturated rings. The third kappa shape index (κ3) is 4.13. The first-order valence-corrected chi connectivity index (χ1v) is 9.87.